The second-order valence-electron chi connectivity index (χ2n) is 5.87. The first-order valence-corrected chi connectivity index (χ1v) is 10.1. The normalized spacial score (nSPS) is 11.0. The number of pyridine rings is 1. The number of aromatic nitrogens is 1. The average molecular weight is 402 g/mol. The van der Waals surface area contributed by atoms with Crippen LogP contribution in [0.25, 0.3) is 0 Å². The summed E-state index contributed by atoms with van der Waals surface area (Å²) in [4.78, 5) is 18.7. The summed E-state index contributed by atoms with van der Waals surface area (Å²) in [5, 5.41) is 8.51. The zero-order valence-corrected chi connectivity index (χ0v) is 16.4. The van der Waals surface area contributed by atoms with Crippen LogP contribution in [0.3, 0.4) is 0 Å². The van der Waals surface area contributed by atoms with Crippen LogP contribution in [-0.2, 0) is 21.3 Å². The zero-order valence-electron chi connectivity index (χ0n) is 15.5. The molecule has 0 atom stereocenters. The predicted molar refractivity (Wildman–Crippen MR) is 103 cm³/mol. The second kappa shape index (κ2) is 10.5. The Morgan fingerprint density at radius 1 is 1.25 bits per heavy atom. The van der Waals surface area contributed by atoms with E-state index in [0.29, 0.717) is 25.3 Å². The molecule has 0 bridgehead atoms. The lowest BCUT2D eigenvalue weighted by Gasteiger charge is -2.22. The number of hydrogen-bond acceptors (Lipinski definition) is 6. The molecular weight excluding hydrogens is 380 g/mol. The van der Waals surface area contributed by atoms with E-state index in [-0.39, 0.29) is 23.8 Å². The fraction of sp³-hybridized carbons (Fsp3) is 0.316. The van der Waals surface area contributed by atoms with Crippen molar-refractivity contribution in [1.29, 1.82) is 5.26 Å². The Hall–Kier alpha value is -2.80. The van der Waals surface area contributed by atoms with Gasteiger partial charge in [0.15, 0.2) is 0 Å². The molecule has 1 amide bonds. The molecule has 8 nitrogen and oxygen atoms in total. The molecule has 0 aliphatic rings. The Morgan fingerprint density at radius 2 is 2.00 bits per heavy atom. The molecule has 2 aromatic rings. The van der Waals surface area contributed by atoms with Crippen molar-refractivity contribution in [2.45, 2.75) is 17.9 Å². The van der Waals surface area contributed by atoms with Gasteiger partial charge in [-0.05, 0) is 36.4 Å². The molecular formula is C19H22N4O4S. The Labute approximate surface area is 164 Å². The van der Waals surface area contributed by atoms with Crippen LogP contribution in [-0.4, -0.2) is 51.0 Å². The third-order valence-electron chi connectivity index (χ3n) is 3.87. The smallest absolute Gasteiger partial charge is 0.254 e. The van der Waals surface area contributed by atoms with E-state index >= 15 is 0 Å². The van der Waals surface area contributed by atoms with Crippen molar-refractivity contribution in [3.63, 3.8) is 0 Å². The summed E-state index contributed by atoms with van der Waals surface area (Å²) in [7, 11) is -2.16. The van der Waals surface area contributed by atoms with Crippen LogP contribution in [0.4, 0.5) is 0 Å². The number of hydrogen-bond donors (Lipinski definition) is 1. The first-order valence-electron chi connectivity index (χ1n) is 8.62. The lowest BCUT2D eigenvalue weighted by atomic mass is 10.2. The molecule has 1 N–H and O–H groups in total. The highest BCUT2D eigenvalue weighted by atomic mass is 32.2. The van der Waals surface area contributed by atoms with Crippen LogP contribution in [0, 0.1) is 11.3 Å². The number of amides is 1. The van der Waals surface area contributed by atoms with Crippen molar-refractivity contribution in [2.75, 3.05) is 26.8 Å². The number of carbonyl (C=O) groups excluding carboxylic acids is 1. The quantitative estimate of drug-likeness (QED) is 0.604. The molecule has 1 aromatic heterocycles. The van der Waals surface area contributed by atoms with Crippen LogP contribution in [0.5, 0.6) is 0 Å². The van der Waals surface area contributed by atoms with E-state index in [1.54, 1.807) is 24.3 Å². The Kier molecular flexibility index (Phi) is 8.07. The van der Waals surface area contributed by atoms with E-state index in [0.717, 1.165) is 5.69 Å². The van der Waals surface area contributed by atoms with E-state index in [1.165, 1.54) is 24.3 Å². The maximum absolute atomic E-state index is 12.9. The Bertz CT molecular complexity index is 909. The fourth-order valence-corrected chi connectivity index (χ4v) is 3.46. The van der Waals surface area contributed by atoms with Gasteiger partial charge in [0.25, 0.3) is 5.91 Å². The summed E-state index contributed by atoms with van der Waals surface area (Å²) >= 11 is 0. The molecule has 28 heavy (non-hydrogen) atoms. The summed E-state index contributed by atoms with van der Waals surface area (Å²) in [5.41, 5.74) is 1.11. The highest BCUT2D eigenvalue weighted by Gasteiger charge is 2.19. The lowest BCUT2D eigenvalue weighted by Crippen LogP contribution is -2.33. The second-order valence-corrected chi connectivity index (χ2v) is 7.64. The van der Waals surface area contributed by atoms with Crippen molar-refractivity contribution in [2.24, 2.45) is 0 Å². The molecule has 0 spiro atoms. The lowest BCUT2D eigenvalue weighted by molar-refractivity contribution is 0.0678. The van der Waals surface area contributed by atoms with Gasteiger partial charge in [-0.3, -0.25) is 9.78 Å². The molecule has 0 fully saturated rings. The maximum atomic E-state index is 12.9. The van der Waals surface area contributed by atoms with Crippen molar-refractivity contribution >= 4 is 15.9 Å². The monoisotopic (exact) mass is 402 g/mol. The number of sulfonamides is 1. The average Bonchev–Trinajstić information content (AvgIpc) is 2.71. The van der Waals surface area contributed by atoms with Crippen molar-refractivity contribution in [3.05, 3.63) is 59.9 Å². The largest absolute Gasteiger partial charge is 0.383 e. The summed E-state index contributed by atoms with van der Waals surface area (Å²) in [5.74, 6) is -0.246. The first-order chi connectivity index (χ1) is 13.5. The number of benzene rings is 1. The van der Waals surface area contributed by atoms with Gasteiger partial charge in [-0.25, -0.2) is 13.1 Å². The van der Waals surface area contributed by atoms with Gasteiger partial charge in [0.2, 0.25) is 10.0 Å². The van der Waals surface area contributed by atoms with Crippen LogP contribution in [0.1, 0.15) is 22.5 Å². The first kappa shape index (κ1) is 21.5. The molecule has 0 saturated carbocycles. The molecule has 0 radical (unpaired) electrons. The molecule has 148 valence electrons. The Balaban J connectivity index is 2.14. The van der Waals surface area contributed by atoms with E-state index in [2.05, 4.69) is 9.71 Å². The molecule has 9 heteroatoms. The molecule has 2 rings (SSSR count). The molecule has 1 aromatic carbocycles. The molecule has 0 aliphatic heterocycles. The highest BCUT2D eigenvalue weighted by molar-refractivity contribution is 7.89. The van der Waals surface area contributed by atoms with Gasteiger partial charge >= 0.3 is 0 Å². The SMILES string of the molecule is COCCN(Cc1ccccn1)C(=O)c1ccc(S(=O)(=O)NCCC#N)cc1. The van der Waals surface area contributed by atoms with E-state index in [4.69, 9.17) is 10.00 Å². The van der Waals surface area contributed by atoms with E-state index in [9.17, 15) is 13.2 Å². The van der Waals surface area contributed by atoms with Gasteiger partial charge in [0.1, 0.15) is 0 Å². The van der Waals surface area contributed by atoms with E-state index in [1.807, 2.05) is 18.2 Å². The third-order valence-corrected chi connectivity index (χ3v) is 5.35. The zero-order chi connectivity index (χ0) is 20.4. The Morgan fingerprint density at radius 3 is 2.61 bits per heavy atom. The fourth-order valence-electron chi connectivity index (χ4n) is 2.42. The van der Waals surface area contributed by atoms with Gasteiger partial charge in [0, 0.05) is 38.4 Å². The van der Waals surface area contributed by atoms with Crippen LogP contribution >= 0.6 is 0 Å². The standard InChI is InChI=1S/C19H22N4O4S/c1-27-14-13-23(15-17-5-2-3-11-21-17)19(24)16-6-8-18(9-7-16)28(25,26)22-12-4-10-20/h2-3,5-9,11,22H,4,12-15H2,1H3. The number of nitrogens with zero attached hydrogens (tertiary/aromatic N) is 3. The van der Waals surface area contributed by atoms with Gasteiger partial charge in [-0.1, -0.05) is 6.07 Å². The van der Waals surface area contributed by atoms with Crippen molar-refractivity contribution in [3.8, 4) is 6.07 Å². The maximum Gasteiger partial charge on any atom is 0.254 e. The summed E-state index contributed by atoms with van der Waals surface area (Å²) < 4.78 is 31.7. The van der Waals surface area contributed by atoms with Crippen LogP contribution in [0.15, 0.2) is 53.6 Å². The van der Waals surface area contributed by atoms with Gasteiger partial charge in [0.05, 0.1) is 29.8 Å². The van der Waals surface area contributed by atoms with Crippen LogP contribution < -0.4 is 4.72 Å². The summed E-state index contributed by atoms with van der Waals surface area (Å²) in [6.45, 7) is 1.10. The van der Waals surface area contributed by atoms with Gasteiger partial charge < -0.3 is 9.64 Å². The number of methoxy groups -OCH3 is 1. The minimum atomic E-state index is -3.71. The number of ether oxygens (including phenoxy) is 1. The van der Waals surface area contributed by atoms with E-state index < -0.39 is 10.0 Å². The minimum Gasteiger partial charge on any atom is -0.383 e. The van der Waals surface area contributed by atoms with Gasteiger partial charge in [-0.15, -0.1) is 0 Å². The number of nitrogens with one attached hydrogen (secondary N) is 1. The number of rotatable bonds is 10. The highest BCUT2D eigenvalue weighted by Crippen LogP contribution is 2.14. The van der Waals surface area contributed by atoms with Crippen molar-refractivity contribution in [1.82, 2.24) is 14.6 Å². The number of nitriles is 1. The molecule has 1 heterocycles. The third kappa shape index (κ3) is 6.13. The van der Waals surface area contributed by atoms with Crippen LogP contribution in [0.2, 0.25) is 0 Å². The summed E-state index contributed by atoms with van der Waals surface area (Å²) in [6.07, 6.45) is 1.74. The molecule has 0 unspecified atom stereocenters. The number of carbonyl (C=O) groups is 1. The molecule has 0 aliphatic carbocycles. The minimum absolute atomic E-state index is 0.0361. The van der Waals surface area contributed by atoms with Crippen molar-refractivity contribution < 1.29 is 17.9 Å². The predicted octanol–water partition coefficient (Wildman–Crippen LogP) is 1.56. The molecule has 0 saturated heterocycles. The van der Waals surface area contributed by atoms with Gasteiger partial charge in [-0.2, -0.15) is 5.26 Å². The summed E-state index contributed by atoms with van der Waals surface area (Å²) in [6, 6.07) is 13.0. The topological polar surface area (TPSA) is 112 Å².